The zero-order valence-electron chi connectivity index (χ0n) is 7.20. The molecule has 1 aromatic rings. The summed E-state index contributed by atoms with van der Waals surface area (Å²) in [6, 6.07) is 9.61. The summed E-state index contributed by atoms with van der Waals surface area (Å²) in [4.78, 5) is 11.1. The van der Waals surface area contributed by atoms with Gasteiger partial charge in [0.2, 0.25) is 0 Å². The second-order valence-corrected chi connectivity index (χ2v) is 3.65. The van der Waals surface area contributed by atoms with Crippen molar-refractivity contribution in [3.8, 4) is 0 Å². The van der Waals surface area contributed by atoms with Crippen molar-refractivity contribution in [1.82, 2.24) is 0 Å². The Kier molecular flexibility index (Phi) is 4.82. The van der Waals surface area contributed by atoms with Crippen LogP contribution in [0.2, 0.25) is 0 Å². The van der Waals surface area contributed by atoms with Gasteiger partial charge in [0.1, 0.15) is 6.61 Å². The van der Waals surface area contributed by atoms with E-state index in [1.165, 1.54) is 0 Å². The zero-order valence-corrected chi connectivity index (χ0v) is 9.36. The van der Waals surface area contributed by atoms with Crippen molar-refractivity contribution in [1.29, 1.82) is 0 Å². The number of ether oxygens (including phenoxy) is 1. The fourth-order valence-electron chi connectivity index (χ4n) is 0.966. The van der Waals surface area contributed by atoms with Gasteiger partial charge in [-0.15, -0.1) is 0 Å². The van der Waals surface area contributed by atoms with E-state index in [2.05, 4.69) is 22.6 Å². The Morgan fingerprint density at radius 1 is 1.31 bits per heavy atom. The minimum Gasteiger partial charge on any atom is -0.465 e. The van der Waals surface area contributed by atoms with Gasteiger partial charge < -0.3 is 4.74 Å². The Balaban J connectivity index is 2.37. The maximum atomic E-state index is 11.1. The predicted molar refractivity (Wildman–Crippen MR) is 60.0 cm³/mol. The van der Waals surface area contributed by atoms with E-state index in [0.29, 0.717) is 13.0 Å². The van der Waals surface area contributed by atoms with Crippen molar-refractivity contribution >= 4 is 28.6 Å². The molecule has 1 rings (SSSR count). The highest BCUT2D eigenvalue weighted by molar-refractivity contribution is 14.1. The molecule has 0 radical (unpaired) electrons. The first-order chi connectivity index (χ1) is 6.33. The molecule has 0 aliphatic rings. The summed E-state index contributed by atoms with van der Waals surface area (Å²) in [7, 11) is 0. The highest BCUT2D eigenvalue weighted by Crippen LogP contribution is 2.00. The lowest BCUT2D eigenvalue weighted by Crippen LogP contribution is -2.09. The van der Waals surface area contributed by atoms with Gasteiger partial charge in [-0.1, -0.05) is 52.9 Å². The van der Waals surface area contributed by atoms with E-state index in [-0.39, 0.29) is 5.97 Å². The lowest BCUT2D eigenvalue weighted by molar-refractivity contribution is -0.142. The molecule has 0 fully saturated rings. The molecule has 0 aliphatic carbocycles. The first-order valence-electron chi connectivity index (χ1n) is 4.08. The van der Waals surface area contributed by atoms with Gasteiger partial charge in [0.25, 0.3) is 0 Å². The van der Waals surface area contributed by atoms with Crippen LogP contribution in [0.5, 0.6) is 0 Å². The molecular weight excluding hydrogens is 279 g/mol. The molecule has 70 valence electrons. The van der Waals surface area contributed by atoms with Gasteiger partial charge >= 0.3 is 5.97 Å². The van der Waals surface area contributed by atoms with Crippen LogP contribution in [0.15, 0.2) is 30.3 Å². The Morgan fingerprint density at radius 3 is 2.62 bits per heavy atom. The van der Waals surface area contributed by atoms with Crippen LogP contribution in [-0.4, -0.2) is 17.0 Å². The lowest BCUT2D eigenvalue weighted by atomic mass is 10.2. The Bertz CT molecular complexity index is 259. The van der Waals surface area contributed by atoms with E-state index in [9.17, 15) is 4.79 Å². The molecule has 1 aromatic carbocycles. The van der Waals surface area contributed by atoms with Crippen LogP contribution >= 0.6 is 22.6 Å². The average Bonchev–Trinajstić information content (AvgIpc) is 2.16. The van der Waals surface area contributed by atoms with Crippen LogP contribution in [0.3, 0.4) is 0 Å². The van der Waals surface area contributed by atoms with Crippen LogP contribution < -0.4 is 0 Å². The quantitative estimate of drug-likeness (QED) is 0.483. The van der Waals surface area contributed by atoms with E-state index in [4.69, 9.17) is 4.74 Å². The Morgan fingerprint density at radius 2 is 2.00 bits per heavy atom. The highest BCUT2D eigenvalue weighted by Gasteiger charge is 2.02. The van der Waals surface area contributed by atoms with Crippen molar-refractivity contribution in [2.24, 2.45) is 0 Å². The van der Waals surface area contributed by atoms with Gasteiger partial charge in [0.05, 0.1) is 6.42 Å². The fraction of sp³-hybridized carbons (Fsp3) is 0.300. The molecule has 0 heterocycles. The van der Waals surface area contributed by atoms with Crippen molar-refractivity contribution in [3.63, 3.8) is 0 Å². The topological polar surface area (TPSA) is 26.3 Å². The second kappa shape index (κ2) is 5.96. The third kappa shape index (κ3) is 4.26. The van der Waals surface area contributed by atoms with Crippen molar-refractivity contribution in [2.45, 2.75) is 6.42 Å². The summed E-state index contributed by atoms with van der Waals surface area (Å²) >= 11 is 2.17. The normalized spacial score (nSPS) is 9.62. The van der Waals surface area contributed by atoms with Crippen LogP contribution in [0, 0.1) is 0 Å². The fourth-order valence-corrected chi connectivity index (χ4v) is 1.19. The van der Waals surface area contributed by atoms with Crippen molar-refractivity contribution < 1.29 is 9.53 Å². The molecule has 0 saturated heterocycles. The molecule has 0 unspecified atom stereocenters. The molecular formula is C10H11IO2. The number of benzene rings is 1. The van der Waals surface area contributed by atoms with E-state index in [0.717, 1.165) is 9.99 Å². The number of hydrogen-bond donors (Lipinski definition) is 0. The van der Waals surface area contributed by atoms with E-state index in [1.807, 2.05) is 30.3 Å². The lowest BCUT2D eigenvalue weighted by Gasteiger charge is -2.01. The van der Waals surface area contributed by atoms with E-state index in [1.54, 1.807) is 0 Å². The molecule has 0 bridgehead atoms. The SMILES string of the molecule is O=C(Cc1ccccc1)OCCI. The number of rotatable bonds is 4. The first-order valence-corrected chi connectivity index (χ1v) is 5.61. The third-order valence-electron chi connectivity index (χ3n) is 1.53. The molecule has 0 N–H and O–H groups in total. The maximum absolute atomic E-state index is 11.1. The monoisotopic (exact) mass is 290 g/mol. The summed E-state index contributed by atoms with van der Waals surface area (Å²) in [6.07, 6.45) is 0.372. The van der Waals surface area contributed by atoms with Gasteiger partial charge in [0, 0.05) is 4.43 Å². The Labute approximate surface area is 91.4 Å². The molecule has 0 atom stereocenters. The van der Waals surface area contributed by atoms with Crippen LogP contribution in [0.25, 0.3) is 0 Å². The smallest absolute Gasteiger partial charge is 0.310 e. The number of alkyl halides is 1. The molecule has 0 saturated carbocycles. The number of hydrogen-bond acceptors (Lipinski definition) is 2. The van der Waals surface area contributed by atoms with Gasteiger partial charge in [-0.2, -0.15) is 0 Å². The van der Waals surface area contributed by atoms with Crippen molar-refractivity contribution in [3.05, 3.63) is 35.9 Å². The van der Waals surface area contributed by atoms with Crippen molar-refractivity contribution in [2.75, 3.05) is 11.0 Å². The van der Waals surface area contributed by atoms with Crippen LogP contribution in [-0.2, 0) is 16.0 Å². The maximum Gasteiger partial charge on any atom is 0.310 e. The van der Waals surface area contributed by atoms with E-state index < -0.39 is 0 Å². The molecule has 13 heavy (non-hydrogen) atoms. The summed E-state index contributed by atoms with van der Waals surface area (Å²) in [5, 5.41) is 0. The second-order valence-electron chi connectivity index (χ2n) is 2.57. The van der Waals surface area contributed by atoms with Crippen LogP contribution in [0.1, 0.15) is 5.56 Å². The average molecular weight is 290 g/mol. The summed E-state index contributed by atoms with van der Waals surface area (Å²) in [5.41, 5.74) is 1.00. The van der Waals surface area contributed by atoms with Gasteiger partial charge in [-0.05, 0) is 5.56 Å². The molecule has 3 heteroatoms. The molecule has 0 amide bonds. The standard InChI is InChI=1S/C10H11IO2/c11-6-7-13-10(12)8-9-4-2-1-3-5-9/h1-5H,6-8H2. The third-order valence-corrected chi connectivity index (χ3v) is 1.97. The Hall–Kier alpha value is -0.580. The molecule has 2 nitrogen and oxygen atoms in total. The predicted octanol–water partition coefficient (Wildman–Crippen LogP) is 2.21. The zero-order chi connectivity index (χ0) is 9.52. The highest BCUT2D eigenvalue weighted by atomic mass is 127. The van der Waals surface area contributed by atoms with Gasteiger partial charge in [0.15, 0.2) is 0 Å². The van der Waals surface area contributed by atoms with Gasteiger partial charge in [-0.3, -0.25) is 4.79 Å². The van der Waals surface area contributed by atoms with Crippen LogP contribution in [0.4, 0.5) is 0 Å². The number of carbonyl (C=O) groups is 1. The summed E-state index contributed by atoms with van der Waals surface area (Å²) in [5.74, 6) is -0.150. The van der Waals surface area contributed by atoms with E-state index >= 15 is 0 Å². The molecule has 0 aromatic heterocycles. The summed E-state index contributed by atoms with van der Waals surface area (Å²) in [6.45, 7) is 0.506. The number of carbonyl (C=O) groups excluding carboxylic acids is 1. The number of halogens is 1. The summed E-state index contributed by atoms with van der Waals surface area (Å²) < 4.78 is 5.79. The van der Waals surface area contributed by atoms with Gasteiger partial charge in [-0.25, -0.2) is 0 Å². The molecule has 0 spiro atoms. The number of esters is 1. The largest absolute Gasteiger partial charge is 0.465 e. The molecule has 0 aliphatic heterocycles. The minimum absolute atomic E-state index is 0.150. The first kappa shape index (κ1) is 10.5. The minimum atomic E-state index is -0.150.